The summed E-state index contributed by atoms with van der Waals surface area (Å²) in [6.07, 6.45) is 0.867. The van der Waals surface area contributed by atoms with Gasteiger partial charge in [0, 0.05) is 45.3 Å². The number of carbonyl (C=O) groups excluding carboxylic acids is 2. The maximum absolute atomic E-state index is 12.9. The highest BCUT2D eigenvalue weighted by atomic mass is 32.2. The highest BCUT2D eigenvalue weighted by molar-refractivity contribution is 8.01. The number of nitrogens with zero attached hydrogens (tertiary/aromatic N) is 3. The Morgan fingerprint density at radius 3 is 2.38 bits per heavy atom. The first-order chi connectivity index (χ1) is 13.9. The van der Waals surface area contributed by atoms with Crippen molar-refractivity contribution in [2.75, 3.05) is 39.3 Å². The number of aryl methyl sites for hydroxylation is 1. The van der Waals surface area contributed by atoms with E-state index in [1.165, 1.54) is 11.1 Å². The molecule has 1 N–H and O–H groups in total. The number of amides is 3. The first-order valence-corrected chi connectivity index (χ1v) is 11.6. The average Bonchev–Trinajstić information content (AvgIpc) is 3.02. The van der Waals surface area contributed by atoms with Crippen molar-refractivity contribution < 1.29 is 9.59 Å². The lowest BCUT2D eigenvalue weighted by atomic mass is 10.1. The van der Waals surface area contributed by atoms with Gasteiger partial charge in [-0.1, -0.05) is 36.8 Å². The summed E-state index contributed by atoms with van der Waals surface area (Å²) in [6.45, 7) is 12.9. The summed E-state index contributed by atoms with van der Waals surface area (Å²) in [4.78, 5) is 31.4. The molecule has 2 heterocycles. The molecule has 7 heteroatoms. The Hall–Kier alpha value is -1.73. The number of urea groups is 1. The summed E-state index contributed by atoms with van der Waals surface area (Å²) in [7, 11) is 0. The second kappa shape index (κ2) is 9.85. The zero-order chi connectivity index (χ0) is 21.0. The fraction of sp³-hybridized carbons (Fsp3) is 0.636. The summed E-state index contributed by atoms with van der Waals surface area (Å²) in [6, 6.07) is 8.73. The van der Waals surface area contributed by atoms with Crippen LogP contribution < -0.4 is 5.32 Å². The van der Waals surface area contributed by atoms with Crippen molar-refractivity contribution in [1.29, 1.82) is 0 Å². The molecule has 2 atom stereocenters. The third-order valence-electron chi connectivity index (χ3n) is 5.60. The molecule has 2 aliphatic rings. The highest BCUT2D eigenvalue weighted by Crippen LogP contribution is 2.44. The molecule has 29 heavy (non-hydrogen) atoms. The van der Waals surface area contributed by atoms with Gasteiger partial charge in [-0.3, -0.25) is 9.69 Å². The molecule has 3 rings (SSSR count). The minimum atomic E-state index is 0.0241. The van der Waals surface area contributed by atoms with Gasteiger partial charge in [-0.15, -0.1) is 11.8 Å². The van der Waals surface area contributed by atoms with E-state index in [-0.39, 0.29) is 28.6 Å². The molecule has 1 aromatic rings. The Labute approximate surface area is 179 Å². The number of piperazine rings is 1. The maximum atomic E-state index is 12.9. The zero-order valence-corrected chi connectivity index (χ0v) is 18.9. The molecule has 0 aliphatic carbocycles. The van der Waals surface area contributed by atoms with Crippen LogP contribution in [0.4, 0.5) is 4.79 Å². The van der Waals surface area contributed by atoms with Crippen LogP contribution in [0, 0.1) is 6.92 Å². The van der Waals surface area contributed by atoms with Gasteiger partial charge < -0.3 is 15.1 Å². The van der Waals surface area contributed by atoms with Crippen LogP contribution >= 0.6 is 11.8 Å². The Balaban J connectivity index is 1.56. The van der Waals surface area contributed by atoms with Gasteiger partial charge >= 0.3 is 6.03 Å². The van der Waals surface area contributed by atoms with Gasteiger partial charge in [-0.2, -0.15) is 0 Å². The summed E-state index contributed by atoms with van der Waals surface area (Å²) < 4.78 is 0. The van der Waals surface area contributed by atoms with E-state index in [2.05, 4.69) is 53.2 Å². The summed E-state index contributed by atoms with van der Waals surface area (Å²) in [5.74, 6) is 0.262. The van der Waals surface area contributed by atoms with Crippen LogP contribution in [-0.4, -0.2) is 77.2 Å². The largest absolute Gasteiger partial charge is 0.336 e. The van der Waals surface area contributed by atoms with Crippen molar-refractivity contribution in [3.8, 4) is 0 Å². The molecular formula is C22H34N4O2S. The molecule has 0 saturated carbocycles. The first-order valence-electron chi connectivity index (χ1n) is 10.7. The lowest BCUT2D eigenvalue weighted by molar-refractivity contribution is -0.130. The van der Waals surface area contributed by atoms with Crippen molar-refractivity contribution in [3.63, 3.8) is 0 Å². The number of nitrogens with one attached hydrogen (secondary N) is 1. The van der Waals surface area contributed by atoms with Crippen LogP contribution in [-0.2, 0) is 4.79 Å². The second-order valence-corrected chi connectivity index (χ2v) is 9.55. The molecule has 3 amide bonds. The van der Waals surface area contributed by atoms with E-state index in [1.807, 2.05) is 18.7 Å². The first kappa shape index (κ1) is 22.0. The van der Waals surface area contributed by atoms with Crippen LogP contribution in [0.5, 0.6) is 0 Å². The fourth-order valence-electron chi connectivity index (χ4n) is 3.84. The third-order valence-corrected chi connectivity index (χ3v) is 7.24. The molecule has 0 spiro atoms. The molecular weight excluding hydrogens is 384 g/mol. The number of hydrogen-bond donors (Lipinski definition) is 1. The maximum Gasteiger partial charge on any atom is 0.317 e. The van der Waals surface area contributed by atoms with Gasteiger partial charge in [0.05, 0.1) is 5.25 Å². The molecule has 0 unspecified atom stereocenters. The summed E-state index contributed by atoms with van der Waals surface area (Å²) in [5, 5.41) is 3.12. The Morgan fingerprint density at radius 1 is 1.14 bits per heavy atom. The van der Waals surface area contributed by atoms with Crippen LogP contribution in [0.2, 0.25) is 0 Å². The normalized spacial score (nSPS) is 23.1. The SMILES string of the molecule is CC[C@@H]1S[C@H](c2ccc(C)cc2)N(CCN2CCN(C(=O)NC(C)C)CC2)C1=O. The lowest BCUT2D eigenvalue weighted by Gasteiger charge is -2.36. The monoisotopic (exact) mass is 418 g/mol. The zero-order valence-electron chi connectivity index (χ0n) is 18.1. The molecule has 6 nitrogen and oxygen atoms in total. The van der Waals surface area contributed by atoms with E-state index in [0.717, 1.165) is 45.7 Å². The van der Waals surface area contributed by atoms with Crippen molar-refractivity contribution in [3.05, 3.63) is 35.4 Å². The standard InChI is InChI=1S/C22H34N4O2S/c1-5-19-20(27)26(21(29-19)18-8-6-17(4)7-9-18)15-12-24-10-13-25(14-11-24)22(28)23-16(2)3/h6-9,16,19,21H,5,10-15H2,1-4H3,(H,23,28)/t19-,21+/m0/s1. The number of hydrogen-bond acceptors (Lipinski definition) is 4. The number of rotatable bonds is 6. The quantitative estimate of drug-likeness (QED) is 0.771. The molecule has 0 bridgehead atoms. The van der Waals surface area contributed by atoms with Gasteiger partial charge in [0.15, 0.2) is 0 Å². The van der Waals surface area contributed by atoms with Crippen LogP contribution in [0.1, 0.15) is 43.7 Å². The molecule has 0 aromatic heterocycles. The predicted molar refractivity (Wildman–Crippen MR) is 119 cm³/mol. The van der Waals surface area contributed by atoms with E-state index in [1.54, 1.807) is 11.8 Å². The minimum Gasteiger partial charge on any atom is -0.336 e. The Morgan fingerprint density at radius 2 is 1.79 bits per heavy atom. The average molecular weight is 419 g/mol. The molecule has 2 saturated heterocycles. The van der Waals surface area contributed by atoms with Gasteiger partial charge in [-0.05, 0) is 32.8 Å². The third kappa shape index (κ3) is 5.45. The van der Waals surface area contributed by atoms with E-state index in [0.29, 0.717) is 0 Å². The Kier molecular flexibility index (Phi) is 7.46. The number of thioether (sulfide) groups is 1. The van der Waals surface area contributed by atoms with Crippen molar-refractivity contribution in [2.45, 2.75) is 50.8 Å². The highest BCUT2D eigenvalue weighted by Gasteiger charge is 2.39. The lowest BCUT2D eigenvalue weighted by Crippen LogP contribution is -2.53. The van der Waals surface area contributed by atoms with Crippen LogP contribution in [0.15, 0.2) is 24.3 Å². The fourth-order valence-corrected chi connectivity index (χ4v) is 5.26. The second-order valence-electron chi connectivity index (χ2n) is 8.26. The summed E-state index contributed by atoms with van der Waals surface area (Å²) in [5.41, 5.74) is 2.45. The minimum absolute atomic E-state index is 0.0241. The molecule has 2 aliphatic heterocycles. The van der Waals surface area contributed by atoms with Gasteiger partial charge in [0.1, 0.15) is 5.37 Å². The van der Waals surface area contributed by atoms with Gasteiger partial charge in [0.25, 0.3) is 0 Å². The van der Waals surface area contributed by atoms with E-state index in [9.17, 15) is 9.59 Å². The van der Waals surface area contributed by atoms with Crippen LogP contribution in [0.25, 0.3) is 0 Å². The molecule has 160 valence electrons. The predicted octanol–water partition coefficient (Wildman–Crippen LogP) is 3.08. The molecule has 2 fully saturated rings. The number of benzene rings is 1. The smallest absolute Gasteiger partial charge is 0.317 e. The van der Waals surface area contributed by atoms with Gasteiger partial charge in [0.2, 0.25) is 5.91 Å². The Bertz CT molecular complexity index is 701. The van der Waals surface area contributed by atoms with E-state index >= 15 is 0 Å². The van der Waals surface area contributed by atoms with E-state index in [4.69, 9.17) is 0 Å². The van der Waals surface area contributed by atoms with E-state index < -0.39 is 0 Å². The summed E-state index contributed by atoms with van der Waals surface area (Å²) >= 11 is 1.78. The molecule has 1 aromatic carbocycles. The van der Waals surface area contributed by atoms with Crippen molar-refractivity contribution in [2.24, 2.45) is 0 Å². The van der Waals surface area contributed by atoms with Crippen molar-refractivity contribution >= 4 is 23.7 Å². The topological polar surface area (TPSA) is 55.9 Å². The molecule has 0 radical (unpaired) electrons. The number of carbonyl (C=O) groups is 2. The van der Waals surface area contributed by atoms with Crippen LogP contribution in [0.3, 0.4) is 0 Å². The van der Waals surface area contributed by atoms with Gasteiger partial charge in [-0.25, -0.2) is 4.79 Å². The van der Waals surface area contributed by atoms with Crippen molar-refractivity contribution in [1.82, 2.24) is 20.0 Å².